The average molecular weight is 497 g/mol. The van der Waals surface area contributed by atoms with Crippen molar-refractivity contribution in [2.45, 2.75) is 85.2 Å². The lowest BCUT2D eigenvalue weighted by molar-refractivity contribution is -0.145. The minimum Gasteiger partial charge on any atom is -0.392 e. The molecule has 0 saturated carbocycles. The number of aryl methyl sites for hydroxylation is 1. The van der Waals surface area contributed by atoms with Gasteiger partial charge < -0.3 is 20.3 Å². The van der Waals surface area contributed by atoms with E-state index in [1.54, 1.807) is 33.1 Å². The monoisotopic (exact) mass is 496 g/mol. The number of nitrogens with one attached hydrogen (secondary N) is 1. The maximum atomic E-state index is 15.1. The quantitative estimate of drug-likeness (QED) is 0.539. The van der Waals surface area contributed by atoms with Crippen molar-refractivity contribution in [3.05, 3.63) is 33.6 Å². The number of thiazole rings is 1. The van der Waals surface area contributed by atoms with Crippen LogP contribution in [0, 0.1) is 18.3 Å². The molecule has 1 aliphatic heterocycles. The topological polar surface area (TPSA) is 109 Å². The third kappa shape index (κ3) is 7.53. The zero-order valence-corrected chi connectivity index (χ0v) is 21.6. The fourth-order valence-corrected chi connectivity index (χ4v) is 4.42. The summed E-state index contributed by atoms with van der Waals surface area (Å²) >= 11 is 1.40. The van der Waals surface area contributed by atoms with E-state index in [1.807, 2.05) is 19.9 Å². The minimum absolute atomic E-state index is 0.205. The second-order valence-corrected chi connectivity index (χ2v) is 10.7. The van der Waals surface area contributed by atoms with E-state index in [2.05, 4.69) is 10.3 Å². The Morgan fingerprint density at radius 3 is 2.59 bits per heavy atom. The Morgan fingerprint density at radius 1 is 1.29 bits per heavy atom. The molecule has 0 spiro atoms. The maximum absolute atomic E-state index is 15.1. The summed E-state index contributed by atoms with van der Waals surface area (Å²) in [6.07, 6.45) is 0.563. The first-order valence-electron chi connectivity index (χ1n) is 11.6. The Balaban J connectivity index is 2.33. The van der Waals surface area contributed by atoms with E-state index >= 15 is 4.39 Å². The predicted octanol–water partition coefficient (Wildman–Crippen LogP) is 3.74. The second-order valence-electron chi connectivity index (χ2n) is 9.64. The average Bonchev–Trinajstić information content (AvgIpc) is 3.18. The van der Waals surface area contributed by atoms with Crippen LogP contribution in [0.25, 0.3) is 6.08 Å². The molecule has 2 heterocycles. The number of carbonyl (C=O) groups is 2. The summed E-state index contributed by atoms with van der Waals surface area (Å²) in [4.78, 5) is 30.1. The SMILES string of the molecule is C/C1=C/C[C@@H](/C(F)=C/c2csc(C)n2)NC(=O)C[C@H](O)C(C)(C)C(=O)[C@H](C)[C@H](O)[C@@H](C)OCC1. The summed E-state index contributed by atoms with van der Waals surface area (Å²) in [6, 6.07) is -0.941. The first kappa shape index (κ1) is 28.3. The van der Waals surface area contributed by atoms with Crippen molar-refractivity contribution in [1.82, 2.24) is 10.3 Å². The third-order valence-corrected chi connectivity index (χ3v) is 7.22. The van der Waals surface area contributed by atoms with E-state index in [1.165, 1.54) is 17.4 Å². The number of hydrogen-bond acceptors (Lipinski definition) is 7. The Morgan fingerprint density at radius 2 is 1.97 bits per heavy atom. The Hall–Kier alpha value is -1.94. The number of aliphatic hydroxyl groups excluding tert-OH is 2. The maximum Gasteiger partial charge on any atom is 0.223 e. The number of aromatic nitrogens is 1. The zero-order valence-electron chi connectivity index (χ0n) is 20.8. The number of hydrogen-bond donors (Lipinski definition) is 3. The molecule has 1 aromatic rings. The number of ketones is 1. The van der Waals surface area contributed by atoms with E-state index in [0.717, 1.165) is 10.6 Å². The van der Waals surface area contributed by atoms with Gasteiger partial charge in [-0.15, -0.1) is 11.3 Å². The number of amides is 1. The molecule has 0 saturated heterocycles. The van der Waals surface area contributed by atoms with Crippen molar-refractivity contribution in [2.24, 2.45) is 11.3 Å². The molecule has 1 aliphatic rings. The van der Waals surface area contributed by atoms with Gasteiger partial charge in [-0.05, 0) is 39.7 Å². The van der Waals surface area contributed by atoms with E-state index in [4.69, 9.17) is 4.74 Å². The van der Waals surface area contributed by atoms with Crippen LogP contribution >= 0.6 is 11.3 Å². The molecule has 0 aliphatic carbocycles. The van der Waals surface area contributed by atoms with Crippen LogP contribution in [0.4, 0.5) is 4.39 Å². The van der Waals surface area contributed by atoms with Crippen LogP contribution in [0.1, 0.15) is 64.6 Å². The van der Waals surface area contributed by atoms with Crippen LogP contribution in [0.15, 0.2) is 22.9 Å². The van der Waals surface area contributed by atoms with Crippen LogP contribution < -0.4 is 5.32 Å². The van der Waals surface area contributed by atoms with Crippen LogP contribution in [0.3, 0.4) is 0 Å². The van der Waals surface area contributed by atoms with Gasteiger partial charge in [0.05, 0.1) is 53.5 Å². The molecule has 3 N–H and O–H groups in total. The highest BCUT2D eigenvalue weighted by Crippen LogP contribution is 2.30. The second kappa shape index (κ2) is 12.2. The molecule has 0 aromatic carbocycles. The molecule has 1 amide bonds. The first-order chi connectivity index (χ1) is 15.8. The molecule has 2 rings (SSSR count). The highest BCUT2D eigenvalue weighted by molar-refractivity contribution is 7.09. The fourth-order valence-electron chi connectivity index (χ4n) is 3.85. The van der Waals surface area contributed by atoms with Crippen molar-refractivity contribution in [2.75, 3.05) is 6.61 Å². The summed E-state index contributed by atoms with van der Waals surface area (Å²) < 4.78 is 20.9. The smallest absolute Gasteiger partial charge is 0.223 e. The lowest BCUT2D eigenvalue weighted by Crippen LogP contribution is -2.48. The molecule has 0 fully saturated rings. The highest BCUT2D eigenvalue weighted by Gasteiger charge is 2.42. The van der Waals surface area contributed by atoms with Gasteiger partial charge in [0, 0.05) is 11.3 Å². The standard InChI is InChI=1S/C25H37FN2O5S/c1-14-7-8-20(19(26)11-18-13-34-17(4)27-18)28-22(30)12-21(29)25(5,6)24(32)15(2)23(31)16(3)33-10-9-14/h7,11,13,15-16,20-21,23,29,31H,8-10,12H2,1-6H3,(H,28,30)/b14-7-,19-11-/t15-,16-,20+,21+,23+/m1/s1. The summed E-state index contributed by atoms with van der Waals surface area (Å²) in [5.74, 6) is -2.29. The van der Waals surface area contributed by atoms with Crippen molar-refractivity contribution in [1.29, 1.82) is 0 Å². The lowest BCUT2D eigenvalue weighted by Gasteiger charge is -2.34. The lowest BCUT2D eigenvalue weighted by atomic mass is 9.74. The Kier molecular flexibility index (Phi) is 10.1. The summed E-state index contributed by atoms with van der Waals surface area (Å²) in [7, 11) is 0. The van der Waals surface area contributed by atoms with Gasteiger partial charge in [-0.3, -0.25) is 9.59 Å². The van der Waals surface area contributed by atoms with Crippen LogP contribution in [-0.2, 0) is 14.3 Å². The number of Topliss-reactive ketones (excluding diaryl/α,β-unsaturated/α-hetero) is 1. The predicted molar refractivity (Wildman–Crippen MR) is 131 cm³/mol. The van der Waals surface area contributed by atoms with Gasteiger partial charge in [0.15, 0.2) is 0 Å². The van der Waals surface area contributed by atoms with Gasteiger partial charge in [0.1, 0.15) is 11.6 Å². The molecule has 0 unspecified atom stereocenters. The summed E-state index contributed by atoms with van der Waals surface area (Å²) in [5.41, 5.74) is 0.118. The molecule has 0 radical (unpaired) electrons. The fraction of sp³-hybridized carbons (Fsp3) is 0.640. The number of rotatable bonds is 2. The molecule has 7 nitrogen and oxygen atoms in total. The molecule has 34 heavy (non-hydrogen) atoms. The van der Waals surface area contributed by atoms with Crippen molar-refractivity contribution < 1.29 is 28.9 Å². The van der Waals surface area contributed by atoms with Crippen molar-refractivity contribution >= 4 is 29.1 Å². The summed E-state index contributed by atoms with van der Waals surface area (Å²) in [5, 5.41) is 26.5. The molecule has 1 aromatic heterocycles. The minimum atomic E-state index is -1.31. The van der Waals surface area contributed by atoms with Gasteiger partial charge in [0.2, 0.25) is 5.91 Å². The van der Waals surface area contributed by atoms with Crippen LogP contribution in [-0.4, -0.2) is 57.8 Å². The van der Waals surface area contributed by atoms with Gasteiger partial charge in [0.25, 0.3) is 0 Å². The highest BCUT2D eigenvalue weighted by atomic mass is 32.1. The van der Waals surface area contributed by atoms with Gasteiger partial charge in [-0.2, -0.15) is 0 Å². The molecular weight excluding hydrogens is 459 g/mol. The van der Waals surface area contributed by atoms with Crippen LogP contribution in [0.5, 0.6) is 0 Å². The Bertz CT molecular complexity index is 926. The van der Waals surface area contributed by atoms with Gasteiger partial charge >= 0.3 is 0 Å². The number of nitrogens with zero attached hydrogens (tertiary/aromatic N) is 1. The van der Waals surface area contributed by atoms with E-state index in [-0.39, 0.29) is 18.6 Å². The van der Waals surface area contributed by atoms with E-state index < -0.39 is 47.4 Å². The molecule has 5 atom stereocenters. The number of carbonyl (C=O) groups excluding carboxylic acids is 2. The van der Waals surface area contributed by atoms with Gasteiger partial charge in [-0.25, -0.2) is 9.37 Å². The van der Waals surface area contributed by atoms with Crippen molar-refractivity contribution in [3.8, 4) is 0 Å². The molecule has 190 valence electrons. The number of halogens is 1. The van der Waals surface area contributed by atoms with Crippen molar-refractivity contribution in [3.63, 3.8) is 0 Å². The number of ether oxygens (including phenoxy) is 1. The largest absolute Gasteiger partial charge is 0.392 e. The normalized spacial score (nSPS) is 32.1. The first-order valence-corrected chi connectivity index (χ1v) is 12.5. The zero-order chi connectivity index (χ0) is 25.6. The Labute approximate surface area is 205 Å². The number of aliphatic hydroxyl groups is 2. The molecular formula is C25H37FN2O5S. The molecule has 0 bridgehead atoms. The van der Waals surface area contributed by atoms with Gasteiger partial charge in [-0.1, -0.05) is 32.4 Å². The van der Waals surface area contributed by atoms with E-state index in [9.17, 15) is 19.8 Å². The van der Waals surface area contributed by atoms with Crippen LogP contribution in [0.2, 0.25) is 0 Å². The third-order valence-electron chi connectivity index (χ3n) is 6.42. The summed E-state index contributed by atoms with van der Waals surface area (Å²) in [6.45, 7) is 10.4. The van der Waals surface area contributed by atoms with E-state index in [0.29, 0.717) is 18.7 Å². The molecule has 9 heteroatoms.